The van der Waals surface area contributed by atoms with Gasteiger partial charge in [0.05, 0.1) is 11.3 Å². The number of carbonyl (C=O) groups is 2. The first kappa shape index (κ1) is 21.7. The van der Waals surface area contributed by atoms with Crippen LogP contribution >= 0.6 is 0 Å². The van der Waals surface area contributed by atoms with E-state index < -0.39 is 0 Å². The minimum Gasteiger partial charge on any atom is -0.305 e. The van der Waals surface area contributed by atoms with Gasteiger partial charge in [0.1, 0.15) is 0 Å². The van der Waals surface area contributed by atoms with Gasteiger partial charge >= 0.3 is 0 Å². The van der Waals surface area contributed by atoms with E-state index in [4.69, 9.17) is 0 Å². The molecule has 1 aliphatic heterocycles. The number of para-hydroxylation sites is 1. The number of rotatable bonds is 15. The molecule has 0 saturated carbocycles. The first-order chi connectivity index (χ1) is 13.3. The van der Waals surface area contributed by atoms with E-state index in [0.717, 1.165) is 18.5 Å². The van der Waals surface area contributed by atoms with E-state index in [0.29, 0.717) is 12.1 Å². The number of benzene rings is 1. The molecule has 2 rings (SSSR count). The molecule has 0 fully saturated rings. The van der Waals surface area contributed by atoms with Crippen molar-refractivity contribution in [2.24, 2.45) is 0 Å². The van der Waals surface area contributed by atoms with Crippen molar-refractivity contribution in [3.63, 3.8) is 0 Å². The number of amides is 1. The van der Waals surface area contributed by atoms with E-state index in [1.165, 1.54) is 77.0 Å². The highest BCUT2D eigenvalue weighted by atomic mass is 16.2. The number of carbonyl (C=O) groups excluding carboxylic acids is 2. The fourth-order valence-electron chi connectivity index (χ4n) is 3.93. The molecule has 3 heteroatoms. The molecule has 1 aromatic carbocycles. The molecule has 1 amide bonds. The molecule has 0 unspecified atom stereocenters. The summed E-state index contributed by atoms with van der Waals surface area (Å²) >= 11 is 0. The molecule has 1 aromatic rings. The maximum atomic E-state index is 12.1. The Bertz CT molecular complexity index is 581. The van der Waals surface area contributed by atoms with Crippen LogP contribution in [-0.2, 0) is 4.79 Å². The molecule has 0 radical (unpaired) electrons. The lowest BCUT2D eigenvalue weighted by molar-refractivity contribution is -0.114. The average molecular weight is 372 g/mol. The quantitative estimate of drug-likeness (QED) is 0.254. The third kappa shape index (κ3) is 7.12. The lowest BCUT2D eigenvalue weighted by Crippen LogP contribution is -2.30. The Morgan fingerprint density at radius 2 is 1.15 bits per heavy atom. The van der Waals surface area contributed by atoms with Gasteiger partial charge in [-0.1, -0.05) is 103 Å². The summed E-state index contributed by atoms with van der Waals surface area (Å²) in [7, 11) is 0. The van der Waals surface area contributed by atoms with Crippen molar-refractivity contribution in [2.75, 3.05) is 11.4 Å². The SMILES string of the molecule is CCCCCCCCCCCCCCCCN1C(=O)C(=O)c2ccccc21. The average Bonchev–Trinajstić information content (AvgIpc) is 2.93. The van der Waals surface area contributed by atoms with E-state index in [1.54, 1.807) is 11.0 Å². The Morgan fingerprint density at radius 3 is 1.70 bits per heavy atom. The standard InChI is InChI=1S/C24H37NO2/c1-2-3-4-5-6-7-8-9-10-11-12-13-14-17-20-25-22-19-16-15-18-21(22)23(26)24(25)27/h15-16,18-19H,2-14,17,20H2,1H3. The lowest BCUT2D eigenvalue weighted by atomic mass is 10.0. The maximum absolute atomic E-state index is 12.1. The lowest BCUT2D eigenvalue weighted by Gasteiger charge is -2.16. The number of Topliss-reactive ketones (excluding diaryl/α,β-unsaturated/α-hetero) is 1. The van der Waals surface area contributed by atoms with Crippen molar-refractivity contribution in [1.82, 2.24) is 0 Å². The number of nitrogens with zero attached hydrogens (tertiary/aromatic N) is 1. The summed E-state index contributed by atoms with van der Waals surface area (Å²) in [5.41, 5.74) is 1.36. The summed E-state index contributed by atoms with van der Waals surface area (Å²) in [4.78, 5) is 25.7. The zero-order valence-corrected chi connectivity index (χ0v) is 17.2. The third-order valence-electron chi connectivity index (χ3n) is 5.61. The van der Waals surface area contributed by atoms with Gasteiger partial charge in [0, 0.05) is 6.54 Å². The van der Waals surface area contributed by atoms with Crippen LogP contribution in [0.4, 0.5) is 5.69 Å². The molecule has 0 saturated heterocycles. The molecule has 1 heterocycles. The van der Waals surface area contributed by atoms with Gasteiger partial charge in [-0.05, 0) is 18.6 Å². The van der Waals surface area contributed by atoms with Crippen molar-refractivity contribution >= 4 is 17.4 Å². The van der Waals surface area contributed by atoms with Gasteiger partial charge in [-0.2, -0.15) is 0 Å². The fraction of sp³-hybridized carbons (Fsp3) is 0.667. The summed E-state index contributed by atoms with van der Waals surface area (Å²) < 4.78 is 0. The summed E-state index contributed by atoms with van der Waals surface area (Å²) in [6, 6.07) is 7.34. The van der Waals surface area contributed by atoms with Crippen molar-refractivity contribution in [2.45, 2.75) is 96.8 Å². The smallest absolute Gasteiger partial charge is 0.299 e. The molecule has 0 aliphatic carbocycles. The molecular formula is C24H37NO2. The fourth-order valence-corrected chi connectivity index (χ4v) is 3.93. The first-order valence-corrected chi connectivity index (χ1v) is 11.2. The van der Waals surface area contributed by atoms with Crippen LogP contribution in [0.1, 0.15) is 107 Å². The van der Waals surface area contributed by atoms with Crippen molar-refractivity contribution in [1.29, 1.82) is 0 Å². The van der Waals surface area contributed by atoms with E-state index in [9.17, 15) is 9.59 Å². The summed E-state index contributed by atoms with van der Waals surface area (Å²) in [5.74, 6) is -0.707. The van der Waals surface area contributed by atoms with Crippen LogP contribution in [0.5, 0.6) is 0 Å². The number of ketones is 1. The van der Waals surface area contributed by atoms with Gasteiger partial charge in [-0.3, -0.25) is 9.59 Å². The molecular weight excluding hydrogens is 334 g/mol. The second kappa shape index (κ2) is 12.7. The number of unbranched alkanes of at least 4 members (excludes halogenated alkanes) is 13. The van der Waals surface area contributed by atoms with Crippen molar-refractivity contribution in [3.05, 3.63) is 29.8 Å². The Labute approximate surface area is 165 Å². The number of hydrogen-bond acceptors (Lipinski definition) is 2. The van der Waals surface area contributed by atoms with Gasteiger partial charge < -0.3 is 4.90 Å². The molecule has 0 bridgehead atoms. The van der Waals surface area contributed by atoms with Crippen LogP contribution in [-0.4, -0.2) is 18.2 Å². The Kier molecular flexibility index (Phi) is 10.2. The monoisotopic (exact) mass is 371 g/mol. The minimum absolute atomic E-state index is 0.351. The van der Waals surface area contributed by atoms with Gasteiger partial charge in [-0.15, -0.1) is 0 Å². The minimum atomic E-state index is -0.356. The van der Waals surface area contributed by atoms with Gasteiger partial charge in [-0.25, -0.2) is 0 Å². The predicted molar refractivity (Wildman–Crippen MR) is 113 cm³/mol. The van der Waals surface area contributed by atoms with Crippen LogP contribution in [0.2, 0.25) is 0 Å². The molecule has 150 valence electrons. The van der Waals surface area contributed by atoms with Crippen LogP contribution in [0, 0.1) is 0 Å². The second-order valence-electron chi connectivity index (χ2n) is 7.90. The number of fused-ring (bicyclic) bond motifs is 1. The van der Waals surface area contributed by atoms with Crippen molar-refractivity contribution in [3.8, 4) is 0 Å². The second-order valence-corrected chi connectivity index (χ2v) is 7.90. The van der Waals surface area contributed by atoms with Crippen LogP contribution in [0.25, 0.3) is 0 Å². The highest BCUT2D eigenvalue weighted by Crippen LogP contribution is 2.28. The normalized spacial score (nSPS) is 13.4. The van der Waals surface area contributed by atoms with Crippen LogP contribution in [0.3, 0.4) is 0 Å². The Balaban J connectivity index is 1.44. The van der Waals surface area contributed by atoms with Crippen LogP contribution < -0.4 is 4.90 Å². The molecule has 27 heavy (non-hydrogen) atoms. The van der Waals surface area contributed by atoms with Gasteiger partial charge in [0.25, 0.3) is 11.7 Å². The molecule has 0 spiro atoms. The molecule has 0 atom stereocenters. The number of anilines is 1. The predicted octanol–water partition coefficient (Wildman–Crippen LogP) is 6.70. The zero-order valence-electron chi connectivity index (χ0n) is 17.2. The molecule has 3 nitrogen and oxygen atoms in total. The molecule has 0 N–H and O–H groups in total. The number of hydrogen-bond donors (Lipinski definition) is 0. The third-order valence-corrected chi connectivity index (χ3v) is 5.61. The highest BCUT2D eigenvalue weighted by Gasteiger charge is 2.34. The van der Waals surface area contributed by atoms with E-state index in [-0.39, 0.29) is 11.7 Å². The van der Waals surface area contributed by atoms with Gasteiger partial charge in [0.15, 0.2) is 0 Å². The zero-order chi connectivity index (χ0) is 19.3. The Hall–Kier alpha value is -1.64. The molecule has 1 aliphatic rings. The summed E-state index contributed by atoms with van der Waals surface area (Å²) in [5, 5.41) is 0. The van der Waals surface area contributed by atoms with Gasteiger partial charge in [0.2, 0.25) is 0 Å². The summed E-state index contributed by atoms with van der Waals surface area (Å²) in [6.45, 7) is 2.94. The van der Waals surface area contributed by atoms with E-state index in [2.05, 4.69) is 6.92 Å². The summed E-state index contributed by atoms with van der Waals surface area (Å²) in [6.07, 6.45) is 18.5. The van der Waals surface area contributed by atoms with Crippen LogP contribution in [0.15, 0.2) is 24.3 Å². The molecule has 0 aromatic heterocycles. The topological polar surface area (TPSA) is 37.4 Å². The first-order valence-electron chi connectivity index (χ1n) is 11.2. The Morgan fingerprint density at radius 1 is 0.667 bits per heavy atom. The van der Waals surface area contributed by atoms with E-state index >= 15 is 0 Å². The largest absolute Gasteiger partial charge is 0.305 e. The highest BCUT2D eigenvalue weighted by molar-refractivity contribution is 6.52. The van der Waals surface area contributed by atoms with E-state index in [1.807, 2.05) is 18.2 Å². The van der Waals surface area contributed by atoms with Crippen molar-refractivity contribution < 1.29 is 9.59 Å². The maximum Gasteiger partial charge on any atom is 0.299 e.